The van der Waals surface area contributed by atoms with E-state index in [0.717, 1.165) is 24.9 Å². The van der Waals surface area contributed by atoms with Gasteiger partial charge < -0.3 is 10.2 Å². The van der Waals surface area contributed by atoms with Crippen molar-refractivity contribution < 1.29 is 14.0 Å². The van der Waals surface area contributed by atoms with E-state index in [4.69, 9.17) is 0 Å². The third kappa shape index (κ3) is 3.72. The van der Waals surface area contributed by atoms with Crippen LogP contribution in [0.2, 0.25) is 0 Å². The van der Waals surface area contributed by atoms with Crippen LogP contribution in [0.15, 0.2) is 30.6 Å². The lowest BCUT2D eigenvalue weighted by Crippen LogP contribution is -2.43. The molecule has 0 saturated carbocycles. The van der Waals surface area contributed by atoms with E-state index in [-0.39, 0.29) is 18.2 Å². The Hall–Kier alpha value is -2.70. The van der Waals surface area contributed by atoms with Gasteiger partial charge in [-0.15, -0.1) is 0 Å². The predicted molar refractivity (Wildman–Crippen MR) is 98.7 cm³/mol. The van der Waals surface area contributed by atoms with E-state index in [1.165, 1.54) is 18.2 Å². The van der Waals surface area contributed by atoms with Gasteiger partial charge in [-0.3, -0.25) is 14.3 Å². The van der Waals surface area contributed by atoms with E-state index in [2.05, 4.69) is 10.4 Å². The van der Waals surface area contributed by atoms with Gasteiger partial charge in [0.05, 0.1) is 12.1 Å². The zero-order valence-electron chi connectivity index (χ0n) is 15.3. The maximum Gasteiger partial charge on any atom is 0.230 e. The molecule has 0 aliphatic carbocycles. The lowest BCUT2D eigenvalue weighted by atomic mass is 9.88. The van der Waals surface area contributed by atoms with Gasteiger partial charge in [-0.2, -0.15) is 5.10 Å². The van der Waals surface area contributed by atoms with Crippen LogP contribution in [-0.2, 0) is 16.1 Å². The number of aryl methyl sites for hydroxylation is 1. The van der Waals surface area contributed by atoms with Gasteiger partial charge in [-0.05, 0) is 55.0 Å². The van der Waals surface area contributed by atoms with E-state index in [1.54, 1.807) is 0 Å². The predicted octanol–water partition coefficient (Wildman–Crippen LogP) is 2.70. The Kier molecular flexibility index (Phi) is 4.68. The highest BCUT2D eigenvalue weighted by molar-refractivity contribution is 6.01. The van der Waals surface area contributed by atoms with Crippen molar-refractivity contribution >= 4 is 17.5 Å². The summed E-state index contributed by atoms with van der Waals surface area (Å²) in [4.78, 5) is 26.8. The van der Waals surface area contributed by atoms with Crippen molar-refractivity contribution in [2.75, 3.05) is 18.4 Å². The smallest absolute Gasteiger partial charge is 0.230 e. The number of aromatic nitrogens is 2. The number of carbonyl (C=O) groups is 2. The summed E-state index contributed by atoms with van der Waals surface area (Å²) in [6.45, 7) is 4.19. The van der Waals surface area contributed by atoms with Crippen LogP contribution in [0.5, 0.6) is 0 Å². The fourth-order valence-electron chi connectivity index (χ4n) is 4.04. The van der Waals surface area contributed by atoms with Crippen molar-refractivity contribution in [3.05, 3.63) is 47.5 Å². The average molecular weight is 370 g/mol. The summed E-state index contributed by atoms with van der Waals surface area (Å²) in [6.07, 6.45) is 5.76. The summed E-state index contributed by atoms with van der Waals surface area (Å²) in [5.41, 5.74) is 2.26. The molecule has 0 spiro atoms. The number of rotatable bonds is 3. The summed E-state index contributed by atoms with van der Waals surface area (Å²) in [5, 5.41) is 7.06. The number of anilines is 1. The highest BCUT2D eigenvalue weighted by Gasteiger charge is 2.35. The van der Waals surface area contributed by atoms with E-state index >= 15 is 0 Å². The summed E-state index contributed by atoms with van der Waals surface area (Å²) < 4.78 is 15.6. The molecule has 1 aromatic heterocycles. The van der Waals surface area contributed by atoms with Crippen molar-refractivity contribution in [3.63, 3.8) is 0 Å². The van der Waals surface area contributed by atoms with Crippen molar-refractivity contribution in [1.29, 1.82) is 0 Å². The molecule has 2 aliphatic heterocycles. The maximum atomic E-state index is 13.7. The molecule has 3 heterocycles. The molecule has 1 aromatic carbocycles. The summed E-state index contributed by atoms with van der Waals surface area (Å²) in [6, 6.07) is 4.19. The zero-order valence-corrected chi connectivity index (χ0v) is 15.3. The first-order valence-electron chi connectivity index (χ1n) is 9.37. The SMILES string of the molecule is Cc1cnn(CC2CCN(C(=O)[C@@H]3CC(=O)Nc4ccc(F)cc43)CC2)c1. The number of piperidine rings is 1. The number of fused-ring (bicyclic) bond motifs is 1. The third-order valence-corrected chi connectivity index (χ3v) is 5.48. The number of benzene rings is 1. The molecule has 27 heavy (non-hydrogen) atoms. The molecular formula is C20H23FN4O2. The number of hydrogen-bond donors (Lipinski definition) is 1. The molecule has 2 amide bonds. The number of amides is 2. The lowest BCUT2D eigenvalue weighted by molar-refractivity contribution is -0.136. The second kappa shape index (κ2) is 7.13. The molecule has 1 saturated heterocycles. The standard InChI is InChI=1S/C20H23FN4O2/c1-13-10-22-25(11-13)12-14-4-6-24(7-5-14)20(27)17-9-19(26)23-18-3-2-15(21)8-16(17)18/h2-3,8,10-11,14,17H,4-7,9,12H2,1H3,(H,23,26)/t17-/m1/s1. The Morgan fingerprint density at radius 3 is 2.81 bits per heavy atom. The minimum atomic E-state index is -0.602. The third-order valence-electron chi connectivity index (χ3n) is 5.48. The van der Waals surface area contributed by atoms with E-state index in [0.29, 0.717) is 30.3 Å². The lowest BCUT2D eigenvalue weighted by Gasteiger charge is -2.35. The van der Waals surface area contributed by atoms with Gasteiger partial charge in [0.15, 0.2) is 0 Å². The minimum absolute atomic E-state index is 0.0712. The molecule has 1 N–H and O–H groups in total. The van der Waals surface area contributed by atoms with E-state index in [9.17, 15) is 14.0 Å². The Morgan fingerprint density at radius 2 is 2.11 bits per heavy atom. The van der Waals surface area contributed by atoms with Gasteiger partial charge in [0.25, 0.3) is 0 Å². The zero-order chi connectivity index (χ0) is 19.0. The van der Waals surface area contributed by atoms with E-state index in [1.807, 2.05) is 28.9 Å². The first-order chi connectivity index (χ1) is 13.0. The van der Waals surface area contributed by atoms with Crippen LogP contribution in [0.25, 0.3) is 0 Å². The average Bonchev–Trinajstić information content (AvgIpc) is 3.06. The van der Waals surface area contributed by atoms with Crippen LogP contribution in [0.3, 0.4) is 0 Å². The Morgan fingerprint density at radius 1 is 1.33 bits per heavy atom. The quantitative estimate of drug-likeness (QED) is 0.903. The first-order valence-corrected chi connectivity index (χ1v) is 9.37. The minimum Gasteiger partial charge on any atom is -0.342 e. The number of likely N-dealkylation sites (tertiary alicyclic amines) is 1. The fraction of sp³-hybridized carbons (Fsp3) is 0.450. The Labute approximate surface area is 157 Å². The van der Waals surface area contributed by atoms with Crippen LogP contribution in [0, 0.1) is 18.7 Å². The van der Waals surface area contributed by atoms with Crippen LogP contribution >= 0.6 is 0 Å². The molecule has 0 bridgehead atoms. The molecule has 4 rings (SSSR count). The van der Waals surface area contributed by atoms with Crippen molar-refractivity contribution in [2.24, 2.45) is 5.92 Å². The second-order valence-electron chi connectivity index (χ2n) is 7.54. The Balaban J connectivity index is 1.42. The van der Waals surface area contributed by atoms with Crippen LogP contribution in [0.1, 0.15) is 36.3 Å². The summed E-state index contributed by atoms with van der Waals surface area (Å²) in [7, 11) is 0. The molecule has 0 radical (unpaired) electrons. The number of nitrogens with one attached hydrogen (secondary N) is 1. The highest BCUT2D eigenvalue weighted by Crippen LogP contribution is 2.35. The van der Waals surface area contributed by atoms with Crippen molar-refractivity contribution in [2.45, 2.75) is 38.6 Å². The van der Waals surface area contributed by atoms with Gasteiger partial charge >= 0.3 is 0 Å². The van der Waals surface area contributed by atoms with Crippen LogP contribution in [0.4, 0.5) is 10.1 Å². The first kappa shape index (κ1) is 17.7. The van der Waals surface area contributed by atoms with Crippen LogP contribution in [-0.4, -0.2) is 39.6 Å². The molecule has 142 valence electrons. The van der Waals surface area contributed by atoms with E-state index < -0.39 is 11.7 Å². The van der Waals surface area contributed by atoms with Gasteiger partial charge in [0, 0.05) is 37.9 Å². The van der Waals surface area contributed by atoms with Gasteiger partial charge in [0.1, 0.15) is 5.82 Å². The molecule has 6 nitrogen and oxygen atoms in total. The molecule has 1 fully saturated rings. The number of halogens is 1. The number of nitrogens with zero attached hydrogens (tertiary/aromatic N) is 3. The van der Waals surface area contributed by atoms with Gasteiger partial charge in [-0.1, -0.05) is 0 Å². The largest absolute Gasteiger partial charge is 0.342 e. The topological polar surface area (TPSA) is 67.2 Å². The number of carbonyl (C=O) groups excluding carboxylic acids is 2. The van der Waals surface area contributed by atoms with Gasteiger partial charge in [-0.25, -0.2) is 4.39 Å². The molecule has 2 aromatic rings. The normalized spacial score (nSPS) is 20.3. The van der Waals surface area contributed by atoms with Gasteiger partial charge in [0.2, 0.25) is 11.8 Å². The van der Waals surface area contributed by atoms with Crippen LogP contribution < -0.4 is 5.32 Å². The molecule has 1 atom stereocenters. The molecule has 7 heteroatoms. The monoisotopic (exact) mass is 370 g/mol. The Bertz CT molecular complexity index is 871. The maximum absolute atomic E-state index is 13.7. The second-order valence-corrected chi connectivity index (χ2v) is 7.54. The molecular weight excluding hydrogens is 347 g/mol. The fourth-order valence-corrected chi connectivity index (χ4v) is 4.04. The molecule has 2 aliphatic rings. The summed E-state index contributed by atoms with van der Waals surface area (Å²) in [5.74, 6) is -0.792. The number of hydrogen-bond acceptors (Lipinski definition) is 3. The summed E-state index contributed by atoms with van der Waals surface area (Å²) >= 11 is 0. The van der Waals surface area contributed by atoms with Crippen molar-refractivity contribution in [3.8, 4) is 0 Å². The van der Waals surface area contributed by atoms with Crippen molar-refractivity contribution in [1.82, 2.24) is 14.7 Å². The highest BCUT2D eigenvalue weighted by atomic mass is 19.1. The molecule has 0 unspecified atom stereocenters.